The number of aryl methyl sites for hydroxylation is 2. The molecule has 2 atom stereocenters. The molecule has 0 spiro atoms. The van der Waals surface area contributed by atoms with Crippen LogP contribution in [0.5, 0.6) is 0 Å². The second-order valence-electron chi connectivity index (χ2n) is 6.64. The van der Waals surface area contributed by atoms with Gasteiger partial charge in [-0.2, -0.15) is 5.10 Å². The average molecular weight is 367 g/mol. The first-order valence-electron chi connectivity index (χ1n) is 8.63. The van der Waals surface area contributed by atoms with Crippen LogP contribution in [0.1, 0.15) is 16.5 Å². The molecule has 2 N–H and O–H groups in total. The molecular formula is C19H21N5OS. The molecule has 26 heavy (non-hydrogen) atoms. The molecule has 1 saturated heterocycles. The summed E-state index contributed by atoms with van der Waals surface area (Å²) in [7, 11) is 1.90. The zero-order chi connectivity index (χ0) is 18.1. The van der Waals surface area contributed by atoms with E-state index in [1.54, 1.807) is 16.0 Å². The monoisotopic (exact) mass is 367 g/mol. The Morgan fingerprint density at radius 2 is 2.12 bits per heavy atom. The molecule has 0 bridgehead atoms. The molecule has 3 aromatic rings. The number of hydrogen-bond acceptors (Lipinski definition) is 5. The highest BCUT2D eigenvalue weighted by Gasteiger charge is 2.34. The van der Waals surface area contributed by atoms with Crippen molar-refractivity contribution in [3.8, 4) is 11.3 Å². The zero-order valence-electron chi connectivity index (χ0n) is 14.8. The van der Waals surface area contributed by atoms with Gasteiger partial charge in [-0.25, -0.2) is 4.98 Å². The molecule has 0 unspecified atom stereocenters. The lowest BCUT2D eigenvalue weighted by atomic mass is 9.90. The van der Waals surface area contributed by atoms with E-state index < -0.39 is 0 Å². The van der Waals surface area contributed by atoms with Crippen LogP contribution in [0.25, 0.3) is 11.3 Å². The maximum atomic E-state index is 12.8. The van der Waals surface area contributed by atoms with Crippen LogP contribution in [0, 0.1) is 12.8 Å². The van der Waals surface area contributed by atoms with Gasteiger partial charge in [0.25, 0.3) is 0 Å². The molecule has 1 aliphatic rings. The highest BCUT2D eigenvalue weighted by atomic mass is 32.1. The normalized spacial score (nSPS) is 19.6. The summed E-state index contributed by atoms with van der Waals surface area (Å²) in [6.45, 7) is 3.48. The van der Waals surface area contributed by atoms with Crippen LogP contribution in [0.3, 0.4) is 0 Å². The molecule has 0 saturated carbocycles. The third-order valence-electron chi connectivity index (χ3n) is 4.77. The van der Waals surface area contributed by atoms with Crippen molar-refractivity contribution in [2.24, 2.45) is 13.0 Å². The summed E-state index contributed by atoms with van der Waals surface area (Å²) in [4.78, 5) is 17.3. The molecule has 1 amide bonds. The Labute approximate surface area is 156 Å². The molecule has 0 radical (unpaired) electrons. The van der Waals surface area contributed by atoms with E-state index in [1.165, 1.54) is 0 Å². The minimum absolute atomic E-state index is 0.0427. The molecule has 0 aliphatic carbocycles. The van der Waals surface area contributed by atoms with Gasteiger partial charge < -0.3 is 10.6 Å². The van der Waals surface area contributed by atoms with E-state index in [2.05, 4.69) is 20.7 Å². The Balaban J connectivity index is 1.45. The van der Waals surface area contributed by atoms with Gasteiger partial charge in [-0.3, -0.25) is 9.48 Å². The number of amides is 1. The molecule has 1 aliphatic heterocycles. The van der Waals surface area contributed by atoms with Gasteiger partial charge in [0.15, 0.2) is 0 Å². The number of nitrogens with zero attached hydrogens (tertiary/aromatic N) is 3. The highest BCUT2D eigenvalue weighted by Crippen LogP contribution is 2.29. The van der Waals surface area contributed by atoms with Crippen LogP contribution in [0.15, 0.2) is 42.0 Å². The van der Waals surface area contributed by atoms with Gasteiger partial charge in [-0.05, 0) is 24.6 Å². The fraction of sp³-hybridized carbons (Fsp3) is 0.316. The van der Waals surface area contributed by atoms with Crippen LogP contribution >= 0.6 is 11.3 Å². The van der Waals surface area contributed by atoms with Gasteiger partial charge in [0.1, 0.15) is 0 Å². The molecule has 134 valence electrons. The van der Waals surface area contributed by atoms with E-state index in [4.69, 9.17) is 0 Å². The zero-order valence-corrected chi connectivity index (χ0v) is 15.6. The van der Waals surface area contributed by atoms with E-state index in [0.717, 1.165) is 34.1 Å². The van der Waals surface area contributed by atoms with Crippen LogP contribution in [0.4, 0.5) is 5.69 Å². The minimum atomic E-state index is -0.0972. The van der Waals surface area contributed by atoms with E-state index in [9.17, 15) is 4.79 Å². The third-order valence-corrected chi connectivity index (χ3v) is 5.54. The van der Waals surface area contributed by atoms with E-state index in [0.29, 0.717) is 6.54 Å². The Morgan fingerprint density at radius 1 is 1.31 bits per heavy atom. The number of carbonyl (C=O) groups excluding carboxylic acids is 1. The maximum absolute atomic E-state index is 12.8. The first kappa shape index (κ1) is 16.9. The number of carbonyl (C=O) groups is 1. The quantitative estimate of drug-likeness (QED) is 0.744. The smallest absolute Gasteiger partial charge is 0.229 e. The number of nitrogens with one attached hydrogen (secondary N) is 2. The molecule has 3 heterocycles. The number of thiazole rings is 1. The Morgan fingerprint density at radius 3 is 2.77 bits per heavy atom. The number of benzene rings is 1. The van der Waals surface area contributed by atoms with Crippen molar-refractivity contribution in [2.75, 3.05) is 18.4 Å². The lowest BCUT2D eigenvalue weighted by Crippen LogP contribution is -2.28. The summed E-state index contributed by atoms with van der Waals surface area (Å²) in [5, 5.41) is 13.7. The largest absolute Gasteiger partial charge is 0.326 e. The predicted octanol–water partition coefficient (Wildman–Crippen LogP) is 2.79. The Kier molecular flexibility index (Phi) is 4.57. The first-order chi connectivity index (χ1) is 12.6. The summed E-state index contributed by atoms with van der Waals surface area (Å²) < 4.78 is 1.78. The van der Waals surface area contributed by atoms with Gasteiger partial charge in [0.2, 0.25) is 5.91 Å². The third kappa shape index (κ3) is 3.40. The minimum Gasteiger partial charge on any atom is -0.326 e. The molecule has 2 aromatic heterocycles. The van der Waals surface area contributed by atoms with Crippen LogP contribution < -0.4 is 10.6 Å². The van der Waals surface area contributed by atoms with Crippen molar-refractivity contribution in [1.29, 1.82) is 0 Å². The molecule has 1 fully saturated rings. The Hall–Kier alpha value is -2.51. The molecule has 4 rings (SSSR count). The number of anilines is 1. The second kappa shape index (κ2) is 7.01. The lowest BCUT2D eigenvalue weighted by molar-refractivity contribution is -0.119. The van der Waals surface area contributed by atoms with Crippen molar-refractivity contribution in [1.82, 2.24) is 20.1 Å². The molecule has 7 heteroatoms. The summed E-state index contributed by atoms with van der Waals surface area (Å²) in [5.41, 5.74) is 3.94. The van der Waals surface area contributed by atoms with E-state index in [1.807, 2.05) is 56.0 Å². The van der Waals surface area contributed by atoms with Crippen LogP contribution in [-0.4, -0.2) is 33.8 Å². The Bertz CT molecular complexity index is 914. The topological polar surface area (TPSA) is 71.8 Å². The predicted molar refractivity (Wildman–Crippen MR) is 103 cm³/mol. The summed E-state index contributed by atoms with van der Waals surface area (Å²) in [6, 6.07) is 7.86. The second-order valence-corrected chi connectivity index (χ2v) is 7.70. The summed E-state index contributed by atoms with van der Waals surface area (Å²) in [6.07, 6.45) is 3.84. The SMILES string of the molecule is Cc1nc(-c2ccc(NC(=O)[C@H]3CNC[C@@H]3c3cnn(C)c3)cc2)cs1. The van der Waals surface area contributed by atoms with Gasteiger partial charge in [-0.1, -0.05) is 12.1 Å². The van der Waals surface area contributed by atoms with Gasteiger partial charge in [-0.15, -0.1) is 11.3 Å². The maximum Gasteiger partial charge on any atom is 0.229 e. The average Bonchev–Trinajstić information content (AvgIpc) is 3.35. The van der Waals surface area contributed by atoms with Crippen molar-refractivity contribution >= 4 is 22.9 Å². The van der Waals surface area contributed by atoms with Gasteiger partial charge >= 0.3 is 0 Å². The van der Waals surface area contributed by atoms with Crippen LogP contribution in [-0.2, 0) is 11.8 Å². The molecular weight excluding hydrogens is 346 g/mol. The highest BCUT2D eigenvalue weighted by molar-refractivity contribution is 7.09. The van der Waals surface area contributed by atoms with Crippen molar-refractivity contribution in [2.45, 2.75) is 12.8 Å². The van der Waals surface area contributed by atoms with Crippen molar-refractivity contribution < 1.29 is 4.79 Å². The van der Waals surface area contributed by atoms with Gasteiger partial charge in [0, 0.05) is 48.9 Å². The first-order valence-corrected chi connectivity index (χ1v) is 9.51. The number of hydrogen-bond donors (Lipinski definition) is 2. The van der Waals surface area contributed by atoms with E-state index in [-0.39, 0.29) is 17.7 Å². The standard InChI is InChI=1S/C19H21N5OS/c1-12-22-18(11-26-12)13-3-5-15(6-4-13)23-19(25)17-9-20-8-16(17)14-7-21-24(2)10-14/h3-7,10-11,16-17,20H,8-9H2,1-2H3,(H,23,25)/t16-,17+/m1/s1. The summed E-state index contributed by atoms with van der Waals surface area (Å²) in [5.74, 6) is 0.0992. The van der Waals surface area contributed by atoms with Crippen LogP contribution in [0.2, 0.25) is 0 Å². The fourth-order valence-corrected chi connectivity index (χ4v) is 4.01. The van der Waals surface area contributed by atoms with Crippen molar-refractivity contribution in [3.63, 3.8) is 0 Å². The number of aromatic nitrogens is 3. The lowest BCUT2D eigenvalue weighted by Gasteiger charge is -2.17. The fourth-order valence-electron chi connectivity index (χ4n) is 3.39. The van der Waals surface area contributed by atoms with E-state index >= 15 is 0 Å². The number of rotatable bonds is 4. The van der Waals surface area contributed by atoms with Crippen molar-refractivity contribution in [3.05, 3.63) is 52.6 Å². The molecule has 1 aromatic carbocycles. The summed E-state index contributed by atoms with van der Waals surface area (Å²) >= 11 is 1.64. The van der Waals surface area contributed by atoms with Gasteiger partial charge in [0.05, 0.1) is 22.8 Å². The molecule has 6 nitrogen and oxygen atoms in total.